The Morgan fingerprint density at radius 1 is 1.64 bits per heavy atom. The molecule has 1 saturated heterocycles. The van der Waals surface area contributed by atoms with E-state index in [9.17, 15) is 0 Å². The van der Waals surface area contributed by atoms with E-state index in [2.05, 4.69) is 15.5 Å². The van der Waals surface area contributed by atoms with Crippen LogP contribution in [0.25, 0.3) is 0 Å². The zero-order valence-corrected chi connectivity index (χ0v) is 6.50. The summed E-state index contributed by atoms with van der Waals surface area (Å²) in [7, 11) is 0. The molecule has 0 bridgehead atoms. The molecule has 4 heteroatoms. The van der Waals surface area contributed by atoms with Gasteiger partial charge in [0, 0.05) is 6.92 Å². The maximum absolute atomic E-state index is 4.88. The molecule has 1 fully saturated rings. The highest BCUT2D eigenvalue weighted by molar-refractivity contribution is 4.95. The first-order valence-corrected chi connectivity index (χ1v) is 3.90. The van der Waals surface area contributed by atoms with E-state index in [-0.39, 0.29) is 0 Å². The largest absolute Gasteiger partial charge is 0.340 e. The molecule has 60 valence electrons. The van der Waals surface area contributed by atoms with Gasteiger partial charge in [-0.2, -0.15) is 4.98 Å². The van der Waals surface area contributed by atoms with Gasteiger partial charge >= 0.3 is 0 Å². The van der Waals surface area contributed by atoms with E-state index in [4.69, 9.17) is 4.52 Å². The lowest BCUT2D eigenvalue weighted by Gasteiger charge is -2.01. The van der Waals surface area contributed by atoms with E-state index >= 15 is 0 Å². The molecule has 11 heavy (non-hydrogen) atoms. The fraction of sp³-hybridized carbons (Fsp3) is 0.714. The number of aromatic nitrogens is 2. The summed E-state index contributed by atoms with van der Waals surface area (Å²) in [5.74, 6) is 1.45. The number of hydrogen-bond donors (Lipinski definition) is 1. The summed E-state index contributed by atoms with van der Waals surface area (Å²) in [6, 6.07) is 0.326. The van der Waals surface area contributed by atoms with Gasteiger partial charge in [-0.05, 0) is 19.4 Å². The third kappa shape index (κ3) is 1.26. The predicted molar refractivity (Wildman–Crippen MR) is 39.0 cm³/mol. The van der Waals surface area contributed by atoms with Crippen LogP contribution < -0.4 is 5.32 Å². The highest BCUT2D eigenvalue weighted by Crippen LogP contribution is 2.19. The third-order valence-corrected chi connectivity index (χ3v) is 1.92. The quantitative estimate of drug-likeness (QED) is 0.648. The Bertz CT molecular complexity index is 240. The summed E-state index contributed by atoms with van der Waals surface area (Å²) in [6.07, 6.45) is 2.33. The van der Waals surface area contributed by atoms with Crippen LogP contribution >= 0.6 is 0 Å². The summed E-state index contributed by atoms with van der Waals surface area (Å²) < 4.78 is 4.88. The Kier molecular flexibility index (Phi) is 1.62. The number of hydrogen-bond acceptors (Lipinski definition) is 4. The van der Waals surface area contributed by atoms with Crippen molar-refractivity contribution in [2.45, 2.75) is 25.8 Å². The Hall–Kier alpha value is -0.900. The smallest absolute Gasteiger partial charge is 0.223 e. The molecule has 1 aromatic heterocycles. The summed E-state index contributed by atoms with van der Waals surface area (Å²) in [6.45, 7) is 2.88. The van der Waals surface area contributed by atoms with E-state index in [0.717, 1.165) is 18.8 Å². The highest BCUT2D eigenvalue weighted by Gasteiger charge is 2.20. The lowest BCUT2D eigenvalue weighted by Crippen LogP contribution is -2.14. The second-order valence-electron chi connectivity index (χ2n) is 2.82. The van der Waals surface area contributed by atoms with Crippen molar-refractivity contribution in [2.24, 2.45) is 0 Å². The van der Waals surface area contributed by atoms with Crippen LogP contribution in [0.5, 0.6) is 0 Å². The van der Waals surface area contributed by atoms with Gasteiger partial charge in [0.15, 0.2) is 5.82 Å². The molecule has 2 heterocycles. The van der Waals surface area contributed by atoms with E-state index in [1.165, 1.54) is 6.42 Å². The first-order valence-electron chi connectivity index (χ1n) is 3.90. The predicted octanol–water partition coefficient (Wildman–Crippen LogP) is 0.803. The summed E-state index contributed by atoms with van der Waals surface area (Å²) in [5, 5.41) is 7.15. The van der Waals surface area contributed by atoms with Crippen molar-refractivity contribution in [3.05, 3.63) is 11.7 Å². The van der Waals surface area contributed by atoms with E-state index in [1.807, 2.05) is 6.92 Å². The Balaban J connectivity index is 2.15. The van der Waals surface area contributed by atoms with Crippen molar-refractivity contribution in [3.63, 3.8) is 0 Å². The molecule has 1 N–H and O–H groups in total. The van der Waals surface area contributed by atoms with Gasteiger partial charge in [-0.3, -0.25) is 0 Å². The van der Waals surface area contributed by atoms with Crippen molar-refractivity contribution < 1.29 is 4.52 Å². The van der Waals surface area contributed by atoms with Crippen LogP contribution in [0, 0.1) is 6.92 Å². The average Bonchev–Trinajstić information content (AvgIpc) is 2.55. The van der Waals surface area contributed by atoms with Crippen molar-refractivity contribution in [1.29, 1.82) is 0 Å². The standard InChI is InChI=1S/C7H11N3O/c1-5-9-7(10-11-5)6-3-2-4-8-6/h6,8H,2-4H2,1H3/t6-/m1/s1. The maximum Gasteiger partial charge on any atom is 0.223 e. The molecule has 0 spiro atoms. The monoisotopic (exact) mass is 153 g/mol. The minimum absolute atomic E-state index is 0.326. The normalized spacial score (nSPS) is 24.3. The van der Waals surface area contributed by atoms with Crippen LogP contribution in [0.2, 0.25) is 0 Å². The number of rotatable bonds is 1. The Morgan fingerprint density at radius 2 is 2.55 bits per heavy atom. The van der Waals surface area contributed by atoms with Crippen molar-refractivity contribution in [2.75, 3.05) is 6.54 Å². The molecule has 0 amide bonds. The second-order valence-corrected chi connectivity index (χ2v) is 2.82. The molecule has 0 aliphatic carbocycles. The van der Waals surface area contributed by atoms with Gasteiger partial charge in [-0.15, -0.1) is 0 Å². The minimum Gasteiger partial charge on any atom is -0.340 e. The number of nitrogens with zero attached hydrogens (tertiary/aromatic N) is 2. The van der Waals surface area contributed by atoms with Crippen LogP contribution in [-0.4, -0.2) is 16.7 Å². The van der Waals surface area contributed by atoms with Crippen molar-refractivity contribution in [3.8, 4) is 0 Å². The Morgan fingerprint density at radius 3 is 3.09 bits per heavy atom. The molecular weight excluding hydrogens is 142 g/mol. The molecule has 1 aliphatic heterocycles. The first kappa shape index (κ1) is 6.79. The van der Waals surface area contributed by atoms with Gasteiger partial charge in [0.2, 0.25) is 5.89 Å². The molecule has 1 atom stereocenters. The molecule has 1 aliphatic rings. The third-order valence-electron chi connectivity index (χ3n) is 1.92. The Labute approximate surface area is 65.0 Å². The van der Waals surface area contributed by atoms with Gasteiger partial charge in [0.05, 0.1) is 6.04 Å². The van der Waals surface area contributed by atoms with Crippen LogP contribution in [0.1, 0.15) is 30.6 Å². The minimum atomic E-state index is 0.326. The van der Waals surface area contributed by atoms with Gasteiger partial charge < -0.3 is 9.84 Å². The zero-order valence-electron chi connectivity index (χ0n) is 6.50. The number of aryl methyl sites for hydroxylation is 1. The van der Waals surface area contributed by atoms with Crippen molar-refractivity contribution >= 4 is 0 Å². The van der Waals surface area contributed by atoms with Crippen LogP contribution in [-0.2, 0) is 0 Å². The van der Waals surface area contributed by atoms with Gasteiger partial charge in [0.25, 0.3) is 0 Å². The fourth-order valence-electron chi connectivity index (χ4n) is 1.36. The van der Waals surface area contributed by atoms with Gasteiger partial charge in [-0.25, -0.2) is 0 Å². The molecule has 0 saturated carbocycles. The number of nitrogens with one attached hydrogen (secondary N) is 1. The molecular formula is C7H11N3O. The van der Waals surface area contributed by atoms with Gasteiger partial charge in [0.1, 0.15) is 0 Å². The SMILES string of the molecule is Cc1nc([C@H]2CCCN2)no1. The lowest BCUT2D eigenvalue weighted by atomic mass is 10.2. The molecule has 4 nitrogen and oxygen atoms in total. The fourth-order valence-corrected chi connectivity index (χ4v) is 1.36. The topological polar surface area (TPSA) is 51.0 Å². The maximum atomic E-state index is 4.88. The van der Waals surface area contributed by atoms with Crippen LogP contribution in [0.4, 0.5) is 0 Å². The first-order chi connectivity index (χ1) is 5.36. The summed E-state index contributed by atoms with van der Waals surface area (Å²) in [5.41, 5.74) is 0. The van der Waals surface area contributed by atoms with E-state index in [1.54, 1.807) is 0 Å². The molecule has 2 rings (SSSR count). The van der Waals surface area contributed by atoms with E-state index < -0.39 is 0 Å². The molecule has 1 aromatic rings. The average molecular weight is 153 g/mol. The lowest BCUT2D eigenvalue weighted by molar-refractivity contribution is 0.381. The summed E-state index contributed by atoms with van der Waals surface area (Å²) in [4.78, 5) is 4.15. The molecule has 0 radical (unpaired) electrons. The zero-order chi connectivity index (χ0) is 7.68. The summed E-state index contributed by atoms with van der Waals surface area (Å²) >= 11 is 0. The van der Waals surface area contributed by atoms with Crippen LogP contribution in [0.15, 0.2) is 4.52 Å². The van der Waals surface area contributed by atoms with Crippen molar-refractivity contribution in [1.82, 2.24) is 15.5 Å². The van der Waals surface area contributed by atoms with E-state index in [0.29, 0.717) is 11.9 Å². The second kappa shape index (κ2) is 2.62. The van der Waals surface area contributed by atoms with Gasteiger partial charge in [-0.1, -0.05) is 5.16 Å². The molecule has 0 aromatic carbocycles. The molecule has 0 unspecified atom stereocenters. The highest BCUT2D eigenvalue weighted by atomic mass is 16.5. The van der Waals surface area contributed by atoms with Crippen LogP contribution in [0.3, 0.4) is 0 Å².